The van der Waals surface area contributed by atoms with Crippen LogP contribution in [-0.2, 0) is 11.3 Å². The maximum absolute atomic E-state index is 11.3. The molecule has 0 aliphatic heterocycles. The predicted octanol–water partition coefficient (Wildman–Crippen LogP) is 3.33. The lowest BCUT2D eigenvalue weighted by molar-refractivity contribution is -0.121. The van der Waals surface area contributed by atoms with Gasteiger partial charge in [0, 0.05) is 31.6 Å². The first-order chi connectivity index (χ1) is 10.2. The van der Waals surface area contributed by atoms with Gasteiger partial charge in [0.15, 0.2) is 0 Å². The molecule has 116 valence electrons. The lowest BCUT2D eigenvalue weighted by Gasteiger charge is -2.30. The molecule has 4 heteroatoms. The monoisotopic (exact) mass is 289 g/mol. The third kappa shape index (κ3) is 3.73. The van der Waals surface area contributed by atoms with Crippen molar-refractivity contribution >= 4 is 5.78 Å². The highest BCUT2D eigenvalue weighted by Gasteiger charge is 2.23. The van der Waals surface area contributed by atoms with Crippen LogP contribution in [0.2, 0.25) is 0 Å². The second-order valence-corrected chi connectivity index (χ2v) is 6.76. The van der Waals surface area contributed by atoms with E-state index in [1.807, 2.05) is 0 Å². The number of hydrogen-bond donors (Lipinski definition) is 0. The Bertz CT molecular complexity index is 466. The van der Waals surface area contributed by atoms with Crippen molar-refractivity contribution < 1.29 is 4.79 Å². The molecule has 2 saturated carbocycles. The van der Waals surface area contributed by atoms with Gasteiger partial charge in [-0.25, -0.2) is 0 Å². The Hall–Kier alpha value is -1.16. The molecule has 3 rings (SSSR count). The van der Waals surface area contributed by atoms with Gasteiger partial charge in [-0.3, -0.25) is 14.4 Å². The lowest BCUT2D eigenvalue weighted by atomic mass is 9.93. The van der Waals surface area contributed by atoms with E-state index in [-0.39, 0.29) is 0 Å². The van der Waals surface area contributed by atoms with Gasteiger partial charge in [-0.2, -0.15) is 5.10 Å². The molecule has 0 spiro atoms. The summed E-state index contributed by atoms with van der Waals surface area (Å²) in [5, 5.41) is 4.79. The highest BCUT2D eigenvalue weighted by atomic mass is 16.1. The summed E-state index contributed by atoms with van der Waals surface area (Å²) in [6, 6.07) is 3.33. The molecule has 0 atom stereocenters. The SMILES string of the molecule is CN(Cc1ccn(C2CCCCC2)n1)C1CCC(=O)CC1. The first-order valence-corrected chi connectivity index (χ1v) is 8.48. The van der Waals surface area contributed by atoms with Gasteiger partial charge < -0.3 is 0 Å². The number of rotatable bonds is 4. The van der Waals surface area contributed by atoms with E-state index in [1.54, 1.807) is 0 Å². The molecule has 2 fully saturated rings. The Labute approximate surface area is 127 Å². The smallest absolute Gasteiger partial charge is 0.133 e. The van der Waals surface area contributed by atoms with E-state index in [0.717, 1.165) is 32.2 Å². The van der Waals surface area contributed by atoms with Crippen molar-refractivity contribution in [3.63, 3.8) is 0 Å². The van der Waals surface area contributed by atoms with Crippen LogP contribution in [-0.4, -0.2) is 33.6 Å². The van der Waals surface area contributed by atoms with Crippen molar-refractivity contribution in [2.45, 2.75) is 76.4 Å². The van der Waals surface area contributed by atoms with Crippen LogP contribution in [0.1, 0.15) is 69.5 Å². The number of hydrogen-bond acceptors (Lipinski definition) is 3. The number of carbonyl (C=O) groups excluding carboxylic acids is 1. The van der Waals surface area contributed by atoms with Gasteiger partial charge >= 0.3 is 0 Å². The molecule has 2 aliphatic carbocycles. The van der Waals surface area contributed by atoms with Crippen molar-refractivity contribution in [3.05, 3.63) is 18.0 Å². The molecule has 1 aromatic rings. The average molecular weight is 289 g/mol. The first-order valence-electron chi connectivity index (χ1n) is 8.48. The second-order valence-electron chi connectivity index (χ2n) is 6.76. The number of carbonyl (C=O) groups is 1. The van der Waals surface area contributed by atoms with Crippen LogP contribution in [0, 0.1) is 0 Å². The van der Waals surface area contributed by atoms with E-state index < -0.39 is 0 Å². The average Bonchev–Trinajstić information content (AvgIpc) is 2.97. The number of aromatic nitrogens is 2. The Morgan fingerprint density at radius 3 is 2.62 bits per heavy atom. The van der Waals surface area contributed by atoms with E-state index in [1.165, 1.54) is 37.8 Å². The summed E-state index contributed by atoms with van der Waals surface area (Å²) in [6.07, 6.45) is 12.3. The molecular weight excluding hydrogens is 262 g/mol. The van der Waals surface area contributed by atoms with Gasteiger partial charge in [-0.15, -0.1) is 0 Å². The minimum Gasteiger partial charge on any atom is -0.300 e. The quantitative estimate of drug-likeness (QED) is 0.853. The fourth-order valence-corrected chi connectivity index (χ4v) is 3.76. The van der Waals surface area contributed by atoms with Crippen LogP contribution in [0.25, 0.3) is 0 Å². The highest BCUT2D eigenvalue weighted by molar-refractivity contribution is 5.79. The summed E-state index contributed by atoms with van der Waals surface area (Å²) < 4.78 is 2.19. The summed E-state index contributed by atoms with van der Waals surface area (Å²) in [4.78, 5) is 13.7. The zero-order valence-electron chi connectivity index (χ0n) is 13.1. The topological polar surface area (TPSA) is 38.1 Å². The van der Waals surface area contributed by atoms with Gasteiger partial charge in [0.05, 0.1) is 11.7 Å². The van der Waals surface area contributed by atoms with E-state index in [0.29, 0.717) is 17.9 Å². The zero-order chi connectivity index (χ0) is 14.7. The molecule has 0 aromatic carbocycles. The van der Waals surface area contributed by atoms with Crippen molar-refractivity contribution in [1.82, 2.24) is 14.7 Å². The molecule has 4 nitrogen and oxygen atoms in total. The van der Waals surface area contributed by atoms with Crippen LogP contribution in [0.3, 0.4) is 0 Å². The maximum atomic E-state index is 11.3. The second kappa shape index (κ2) is 6.73. The van der Waals surface area contributed by atoms with Crippen molar-refractivity contribution in [1.29, 1.82) is 0 Å². The summed E-state index contributed by atoms with van der Waals surface area (Å²) in [5.74, 6) is 0.432. The Balaban J connectivity index is 1.55. The predicted molar refractivity (Wildman–Crippen MR) is 83.1 cm³/mol. The van der Waals surface area contributed by atoms with E-state index in [4.69, 9.17) is 5.10 Å². The van der Waals surface area contributed by atoms with Gasteiger partial charge in [0.25, 0.3) is 0 Å². The van der Waals surface area contributed by atoms with Crippen molar-refractivity contribution in [3.8, 4) is 0 Å². The van der Waals surface area contributed by atoms with Crippen molar-refractivity contribution in [2.24, 2.45) is 0 Å². The Kier molecular flexibility index (Phi) is 4.73. The molecule has 0 radical (unpaired) electrons. The fourth-order valence-electron chi connectivity index (χ4n) is 3.76. The molecule has 0 bridgehead atoms. The Morgan fingerprint density at radius 2 is 1.90 bits per heavy atom. The molecule has 1 heterocycles. The van der Waals surface area contributed by atoms with Crippen LogP contribution < -0.4 is 0 Å². The molecule has 1 aromatic heterocycles. The van der Waals surface area contributed by atoms with Crippen LogP contribution in [0.5, 0.6) is 0 Å². The minimum atomic E-state index is 0.432. The van der Waals surface area contributed by atoms with Gasteiger partial charge in [0.1, 0.15) is 5.78 Å². The molecule has 0 unspecified atom stereocenters. The van der Waals surface area contributed by atoms with Crippen LogP contribution in [0.4, 0.5) is 0 Å². The number of ketones is 1. The van der Waals surface area contributed by atoms with Gasteiger partial charge in [-0.1, -0.05) is 19.3 Å². The van der Waals surface area contributed by atoms with Gasteiger partial charge in [-0.05, 0) is 38.8 Å². The van der Waals surface area contributed by atoms with E-state index >= 15 is 0 Å². The third-order valence-electron chi connectivity index (χ3n) is 5.16. The maximum Gasteiger partial charge on any atom is 0.133 e. The molecule has 2 aliphatic rings. The van der Waals surface area contributed by atoms with Crippen molar-refractivity contribution in [2.75, 3.05) is 7.05 Å². The van der Waals surface area contributed by atoms with Gasteiger partial charge in [0.2, 0.25) is 0 Å². The zero-order valence-corrected chi connectivity index (χ0v) is 13.1. The molecule has 0 N–H and O–H groups in total. The standard InChI is InChI=1S/C17H27N3O/c1-19(15-7-9-17(21)10-8-15)13-14-11-12-20(18-14)16-5-3-2-4-6-16/h11-12,15-16H,2-10,13H2,1H3. The largest absolute Gasteiger partial charge is 0.300 e. The Morgan fingerprint density at radius 1 is 1.19 bits per heavy atom. The fraction of sp³-hybridized carbons (Fsp3) is 0.765. The number of nitrogens with zero attached hydrogens (tertiary/aromatic N) is 3. The number of Topliss-reactive ketones (excluding diaryl/α,β-unsaturated/α-hetero) is 1. The molecule has 21 heavy (non-hydrogen) atoms. The summed E-state index contributed by atoms with van der Waals surface area (Å²) in [5.41, 5.74) is 1.17. The van der Waals surface area contributed by atoms with E-state index in [2.05, 4.69) is 28.9 Å². The normalized spacial score (nSPS) is 22.1. The molecule has 0 amide bonds. The van der Waals surface area contributed by atoms with Crippen LogP contribution in [0.15, 0.2) is 12.3 Å². The molecule has 0 saturated heterocycles. The first kappa shape index (κ1) is 14.8. The summed E-state index contributed by atoms with van der Waals surface area (Å²) >= 11 is 0. The highest BCUT2D eigenvalue weighted by Crippen LogP contribution is 2.27. The third-order valence-corrected chi connectivity index (χ3v) is 5.16. The molecular formula is C17H27N3O. The summed E-state index contributed by atoms with van der Waals surface area (Å²) in [6.45, 7) is 0.901. The van der Waals surface area contributed by atoms with Crippen LogP contribution >= 0.6 is 0 Å². The lowest BCUT2D eigenvalue weighted by Crippen LogP contribution is -2.35. The van der Waals surface area contributed by atoms with E-state index in [9.17, 15) is 4.79 Å². The minimum absolute atomic E-state index is 0.432. The summed E-state index contributed by atoms with van der Waals surface area (Å²) in [7, 11) is 2.17.